The number of benzene rings is 2. The van der Waals surface area contributed by atoms with Crippen LogP contribution in [0.3, 0.4) is 0 Å². The second kappa shape index (κ2) is 10.7. The first kappa shape index (κ1) is 28.0. The van der Waals surface area contributed by atoms with Crippen molar-refractivity contribution >= 4 is 32.8 Å². The molecule has 43 heavy (non-hydrogen) atoms. The Hall–Kier alpha value is -3.83. The van der Waals surface area contributed by atoms with Gasteiger partial charge in [-0.3, -0.25) is 4.79 Å². The number of anilines is 1. The molecule has 2 aliphatic heterocycles. The van der Waals surface area contributed by atoms with E-state index in [2.05, 4.69) is 20.2 Å². The molecule has 7 rings (SSSR count). The van der Waals surface area contributed by atoms with Gasteiger partial charge in [0.05, 0.1) is 18.0 Å². The summed E-state index contributed by atoms with van der Waals surface area (Å²) in [5.74, 6) is -0.775. The van der Waals surface area contributed by atoms with Crippen LogP contribution < -0.4 is 4.90 Å². The number of rotatable bonds is 7. The molecule has 1 saturated heterocycles. The quantitative estimate of drug-likeness (QED) is 0.316. The molecule has 1 unspecified atom stereocenters. The maximum atomic E-state index is 14.1. The van der Waals surface area contributed by atoms with Gasteiger partial charge in [0.1, 0.15) is 16.2 Å². The Bertz CT molecular complexity index is 1830. The number of aliphatic carboxylic acids is 1. The molecule has 1 N–H and O–H groups in total. The Kier molecular flexibility index (Phi) is 6.97. The van der Waals surface area contributed by atoms with E-state index in [1.807, 2.05) is 48.9 Å². The molecule has 11 heteroatoms. The van der Waals surface area contributed by atoms with Gasteiger partial charge in [0.25, 0.3) is 0 Å². The van der Waals surface area contributed by atoms with Crippen LogP contribution in [0.4, 0.5) is 5.82 Å². The molecular weight excluding hydrogens is 564 g/mol. The SMILES string of the molecule is Cc1ccc(C(CC(=O)O)c2ccc3c(nnn3C3CC3)c2C)cc1CN1C[C@@H]2CCCCN2c2ncccc2S1(=O)=O. The molecule has 10 nitrogen and oxygen atoms in total. The predicted molar refractivity (Wildman–Crippen MR) is 163 cm³/mol. The summed E-state index contributed by atoms with van der Waals surface area (Å²) in [6, 6.07) is 13.7. The van der Waals surface area contributed by atoms with Gasteiger partial charge in [0.2, 0.25) is 10.0 Å². The molecule has 1 saturated carbocycles. The fourth-order valence-electron chi connectivity index (χ4n) is 6.86. The van der Waals surface area contributed by atoms with E-state index < -0.39 is 21.9 Å². The molecule has 224 valence electrons. The van der Waals surface area contributed by atoms with E-state index in [9.17, 15) is 18.3 Å². The molecule has 3 aliphatic rings. The highest BCUT2D eigenvalue weighted by Crippen LogP contribution is 2.40. The molecule has 0 amide bonds. The van der Waals surface area contributed by atoms with Gasteiger partial charge in [-0.2, -0.15) is 4.31 Å². The Labute approximate surface area is 251 Å². The number of sulfonamides is 1. The van der Waals surface area contributed by atoms with Crippen molar-refractivity contribution in [2.24, 2.45) is 0 Å². The molecule has 0 radical (unpaired) electrons. The van der Waals surface area contributed by atoms with Crippen molar-refractivity contribution in [1.82, 2.24) is 24.3 Å². The molecule has 0 bridgehead atoms. The van der Waals surface area contributed by atoms with E-state index in [4.69, 9.17) is 0 Å². The van der Waals surface area contributed by atoms with Crippen LogP contribution in [0.1, 0.15) is 78.3 Å². The topological polar surface area (TPSA) is 122 Å². The van der Waals surface area contributed by atoms with Gasteiger partial charge in [0, 0.05) is 37.8 Å². The maximum absolute atomic E-state index is 14.1. The van der Waals surface area contributed by atoms with Crippen LogP contribution in [0.25, 0.3) is 11.0 Å². The number of fused-ring (bicyclic) bond motifs is 4. The third kappa shape index (κ3) is 4.98. The van der Waals surface area contributed by atoms with Crippen molar-refractivity contribution in [3.63, 3.8) is 0 Å². The van der Waals surface area contributed by atoms with Crippen LogP contribution in [0, 0.1) is 13.8 Å². The number of carboxylic acid groups (broad SMARTS) is 1. The summed E-state index contributed by atoms with van der Waals surface area (Å²) in [5.41, 5.74) is 6.26. The normalized spacial score (nSPS) is 20.8. The monoisotopic (exact) mass is 600 g/mol. The Morgan fingerprint density at radius 1 is 1.07 bits per heavy atom. The fourth-order valence-corrected chi connectivity index (χ4v) is 8.47. The molecule has 0 spiro atoms. The first-order valence-corrected chi connectivity index (χ1v) is 16.5. The summed E-state index contributed by atoms with van der Waals surface area (Å²) in [5, 5.41) is 18.8. The van der Waals surface area contributed by atoms with Crippen LogP contribution in [0.2, 0.25) is 0 Å². The zero-order chi connectivity index (χ0) is 29.9. The second-order valence-corrected chi connectivity index (χ2v) is 14.1. The van der Waals surface area contributed by atoms with E-state index in [-0.39, 0.29) is 23.9 Å². The number of hydrogen-bond donors (Lipinski definition) is 1. The predicted octanol–water partition coefficient (Wildman–Crippen LogP) is 4.95. The summed E-state index contributed by atoms with van der Waals surface area (Å²) in [6.45, 7) is 5.34. The van der Waals surface area contributed by atoms with E-state index >= 15 is 0 Å². The maximum Gasteiger partial charge on any atom is 0.304 e. The molecule has 2 aromatic carbocycles. The van der Waals surface area contributed by atoms with Gasteiger partial charge in [-0.05, 0) is 92.0 Å². The average Bonchev–Trinajstić information content (AvgIpc) is 3.76. The lowest BCUT2D eigenvalue weighted by molar-refractivity contribution is -0.137. The number of nitrogens with zero attached hydrogens (tertiary/aromatic N) is 6. The Morgan fingerprint density at radius 3 is 2.70 bits per heavy atom. The van der Waals surface area contributed by atoms with Crippen LogP contribution in [0.5, 0.6) is 0 Å². The lowest BCUT2D eigenvalue weighted by atomic mass is 9.84. The highest BCUT2D eigenvalue weighted by atomic mass is 32.2. The van der Waals surface area contributed by atoms with E-state index in [0.29, 0.717) is 18.4 Å². The fraction of sp³-hybridized carbons (Fsp3) is 0.438. The van der Waals surface area contributed by atoms with Gasteiger partial charge in [-0.1, -0.05) is 29.5 Å². The average molecular weight is 601 g/mol. The minimum Gasteiger partial charge on any atom is -0.481 e. The van der Waals surface area contributed by atoms with Gasteiger partial charge >= 0.3 is 5.97 Å². The molecule has 2 aromatic heterocycles. The molecule has 2 atom stereocenters. The minimum absolute atomic E-state index is 0.0568. The van der Waals surface area contributed by atoms with Crippen LogP contribution in [-0.4, -0.2) is 62.9 Å². The van der Waals surface area contributed by atoms with Crippen molar-refractivity contribution in [2.45, 2.75) is 81.8 Å². The zero-order valence-corrected chi connectivity index (χ0v) is 25.3. The number of piperidine rings is 1. The van der Waals surface area contributed by atoms with E-state index in [0.717, 1.165) is 77.5 Å². The van der Waals surface area contributed by atoms with E-state index in [1.54, 1.807) is 22.6 Å². The van der Waals surface area contributed by atoms with Crippen molar-refractivity contribution in [3.8, 4) is 0 Å². The van der Waals surface area contributed by atoms with Gasteiger partial charge in [-0.15, -0.1) is 5.10 Å². The summed E-state index contributed by atoms with van der Waals surface area (Å²) in [6.07, 6.45) is 6.75. The smallest absolute Gasteiger partial charge is 0.304 e. The molecule has 4 heterocycles. The van der Waals surface area contributed by atoms with Crippen LogP contribution in [0.15, 0.2) is 53.6 Å². The Balaban J connectivity index is 1.26. The number of carbonyl (C=O) groups is 1. The summed E-state index contributed by atoms with van der Waals surface area (Å²) < 4.78 is 31.7. The second-order valence-electron chi connectivity index (χ2n) is 12.2. The summed E-state index contributed by atoms with van der Waals surface area (Å²) >= 11 is 0. The van der Waals surface area contributed by atoms with E-state index in [1.165, 1.54) is 0 Å². The summed E-state index contributed by atoms with van der Waals surface area (Å²) in [7, 11) is -3.81. The number of aromatic nitrogens is 4. The third-order valence-electron chi connectivity index (χ3n) is 9.39. The minimum atomic E-state index is -3.81. The van der Waals surface area contributed by atoms with Gasteiger partial charge < -0.3 is 10.0 Å². The zero-order valence-electron chi connectivity index (χ0n) is 24.5. The van der Waals surface area contributed by atoms with Crippen molar-refractivity contribution < 1.29 is 18.3 Å². The largest absolute Gasteiger partial charge is 0.481 e. The lowest BCUT2D eigenvalue weighted by Crippen LogP contribution is -2.45. The highest BCUT2D eigenvalue weighted by molar-refractivity contribution is 7.89. The number of carboxylic acids is 1. The Morgan fingerprint density at radius 2 is 1.91 bits per heavy atom. The summed E-state index contributed by atoms with van der Waals surface area (Å²) in [4.78, 5) is 19.1. The van der Waals surface area contributed by atoms with Crippen LogP contribution in [-0.2, 0) is 21.4 Å². The van der Waals surface area contributed by atoms with Gasteiger partial charge in [-0.25, -0.2) is 18.1 Å². The standard InChI is InChI=1S/C32H36N6O4S/c1-20-8-9-22(27(17-30(39)40)26-12-13-28-31(21(26)2)34-35-38(28)24-10-11-24)16-23(20)18-36-19-25-6-3-4-15-37(25)32-29(43(36,41)42)7-5-14-33-32/h5,7-9,12-14,16,24-25,27H,3-4,6,10-11,15,17-19H2,1-2H3,(H,39,40)/t25-,27?/m0/s1. The van der Waals surface area contributed by atoms with Crippen molar-refractivity contribution in [2.75, 3.05) is 18.0 Å². The first-order chi connectivity index (χ1) is 20.7. The molecule has 2 fully saturated rings. The van der Waals surface area contributed by atoms with Crippen molar-refractivity contribution in [1.29, 1.82) is 0 Å². The van der Waals surface area contributed by atoms with Crippen molar-refractivity contribution in [3.05, 3.63) is 76.5 Å². The number of pyridine rings is 1. The number of aryl methyl sites for hydroxylation is 2. The molecular formula is C32H36N6O4S. The lowest BCUT2D eigenvalue weighted by Gasteiger charge is -2.36. The molecule has 1 aliphatic carbocycles. The first-order valence-electron chi connectivity index (χ1n) is 15.1. The number of hydrogen-bond acceptors (Lipinski definition) is 7. The third-order valence-corrected chi connectivity index (χ3v) is 11.2. The molecule has 4 aromatic rings. The van der Waals surface area contributed by atoms with Crippen LogP contribution >= 0.6 is 0 Å². The highest BCUT2D eigenvalue weighted by Gasteiger charge is 2.39. The van der Waals surface area contributed by atoms with Gasteiger partial charge in [0.15, 0.2) is 0 Å².